The summed E-state index contributed by atoms with van der Waals surface area (Å²) in [5.74, 6) is 1.92. The van der Waals surface area contributed by atoms with E-state index in [1.807, 2.05) is 44.3 Å². The molecular weight excluding hydrogens is 350 g/mol. The predicted octanol–water partition coefficient (Wildman–Crippen LogP) is 0.916. The second-order valence-corrected chi connectivity index (χ2v) is 7.40. The number of aromatic amines is 1. The lowest BCUT2D eigenvalue weighted by Gasteiger charge is -2.29. The number of piperazine rings is 1. The Morgan fingerprint density at radius 3 is 2.54 bits per heavy atom. The van der Waals surface area contributed by atoms with Crippen molar-refractivity contribution in [2.45, 2.75) is 20.0 Å². The van der Waals surface area contributed by atoms with Crippen molar-refractivity contribution in [2.24, 2.45) is 0 Å². The largest absolute Gasteiger partial charge is 0.491 e. The number of anilines is 1. The molecule has 3 N–H and O–H groups in total. The SMILES string of the molecule is Cc1cc(OC[C@H](O)C[NH+]2CCN(c3cccc[nH+]3)CC2)cc(C)c1Cl. The van der Waals surface area contributed by atoms with Gasteiger partial charge in [0.25, 0.3) is 5.82 Å². The summed E-state index contributed by atoms with van der Waals surface area (Å²) in [5.41, 5.74) is 1.99. The normalized spacial score (nSPS) is 16.5. The number of rotatable bonds is 6. The first-order valence-corrected chi connectivity index (χ1v) is 9.53. The van der Waals surface area contributed by atoms with Crippen molar-refractivity contribution in [3.63, 3.8) is 0 Å². The maximum Gasteiger partial charge on any atom is 0.274 e. The van der Waals surface area contributed by atoms with Gasteiger partial charge in [0, 0.05) is 11.1 Å². The number of ether oxygens (including phenoxy) is 1. The molecule has 140 valence electrons. The molecule has 1 saturated heterocycles. The fourth-order valence-corrected chi connectivity index (χ4v) is 3.53. The van der Waals surface area contributed by atoms with E-state index in [9.17, 15) is 5.11 Å². The van der Waals surface area contributed by atoms with Gasteiger partial charge in [0.2, 0.25) is 0 Å². The Kier molecular flexibility index (Phi) is 6.35. The summed E-state index contributed by atoms with van der Waals surface area (Å²) in [7, 11) is 0. The van der Waals surface area contributed by atoms with Gasteiger partial charge in [-0.15, -0.1) is 0 Å². The smallest absolute Gasteiger partial charge is 0.274 e. The first kappa shape index (κ1) is 19.0. The Bertz CT molecular complexity index is 695. The average Bonchev–Trinajstić information content (AvgIpc) is 2.65. The molecule has 2 aromatic rings. The van der Waals surface area contributed by atoms with Crippen LogP contribution in [0.4, 0.5) is 5.82 Å². The third kappa shape index (κ3) is 4.87. The van der Waals surface area contributed by atoms with Gasteiger partial charge >= 0.3 is 0 Å². The monoisotopic (exact) mass is 377 g/mol. The Labute approximate surface area is 160 Å². The quantitative estimate of drug-likeness (QED) is 0.787. The number of hydrogen-bond donors (Lipinski definition) is 2. The Hall–Kier alpha value is -1.82. The summed E-state index contributed by atoms with van der Waals surface area (Å²) in [6.45, 7) is 8.94. The van der Waals surface area contributed by atoms with E-state index < -0.39 is 6.10 Å². The Balaban J connectivity index is 1.44. The second kappa shape index (κ2) is 8.71. The maximum atomic E-state index is 10.3. The lowest BCUT2D eigenvalue weighted by molar-refractivity contribution is -0.903. The number of benzene rings is 1. The highest BCUT2D eigenvalue weighted by Crippen LogP contribution is 2.25. The molecule has 6 heteroatoms. The third-order valence-electron chi connectivity index (χ3n) is 4.88. The molecule has 26 heavy (non-hydrogen) atoms. The molecular formula is C20H28ClN3O2+2. The highest BCUT2D eigenvalue weighted by Gasteiger charge is 2.27. The van der Waals surface area contributed by atoms with Gasteiger partial charge in [0.1, 0.15) is 51.2 Å². The number of aryl methyl sites for hydroxylation is 2. The van der Waals surface area contributed by atoms with Gasteiger partial charge in [-0.25, -0.2) is 4.98 Å². The lowest BCUT2D eigenvalue weighted by Crippen LogP contribution is -3.16. The molecule has 0 unspecified atom stereocenters. The zero-order valence-corrected chi connectivity index (χ0v) is 16.2. The number of aromatic nitrogens is 1. The van der Waals surface area contributed by atoms with Crippen LogP contribution in [0.5, 0.6) is 5.75 Å². The van der Waals surface area contributed by atoms with Crippen LogP contribution >= 0.6 is 11.6 Å². The van der Waals surface area contributed by atoms with Gasteiger partial charge in [0.05, 0.1) is 6.20 Å². The summed E-state index contributed by atoms with van der Waals surface area (Å²) in [5, 5.41) is 11.1. The number of H-pyrrole nitrogens is 1. The number of hydrogen-bond acceptors (Lipinski definition) is 3. The van der Waals surface area contributed by atoms with Gasteiger partial charge in [-0.2, -0.15) is 0 Å². The summed E-state index contributed by atoms with van der Waals surface area (Å²) in [6, 6.07) is 9.98. The van der Waals surface area contributed by atoms with Crippen molar-refractivity contribution in [3.05, 3.63) is 52.7 Å². The zero-order chi connectivity index (χ0) is 18.5. The molecule has 1 atom stereocenters. The number of nitrogens with zero attached hydrogens (tertiary/aromatic N) is 1. The van der Waals surface area contributed by atoms with Gasteiger partial charge < -0.3 is 14.7 Å². The van der Waals surface area contributed by atoms with E-state index in [1.165, 1.54) is 4.90 Å². The van der Waals surface area contributed by atoms with E-state index in [2.05, 4.69) is 16.0 Å². The van der Waals surface area contributed by atoms with Crippen LogP contribution in [0.2, 0.25) is 5.02 Å². The molecule has 0 spiro atoms. The molecule has 3 rings (SSSR count). The van der Waals surface area contributed by atoms with E-state index >= 15 is 0 Å². The van der Waals surface area contributed by atoms with Crippen LogP contribution in [-0.4, -0.2) is 50.5 Å². The Morgan fingerprint density at radius 1 is 1.23 bits per heavy atom. The molecule has 0 aliphatic carbocycles. The van der Waals surface area contributed by atoms with Crippen molar-refractivity contribution >= 4 is 17.4 Å². The van der Waals surface area contributed by atoms with Gasteiger partial charge in [-0.3, -0.25) is 4.90 Å². The molecule has 1 aromatic carbocycles. The maximum absolute atomic E-state index is 10.3. The topological polar surface area (TPSA) is 51.3 Å². The van der Waals surface area contributed by atoms with Crippen molar-refractivity contribution < 1.29 is 19.7 Å². The number of halogens is 1. The van der Waals surface area contributed by atoms with E-state index in [0.717, 1.165) is 53.9 Å². The van der Waals surface area contributed by atoms with E-state index in [1.54, 1.807) is 0 Å². The van der Waals surface area contributed by atoms with Crippen LogP contribution < -0.4 is 19.5 Å². The number of aliphatic hydroxyl groups is 1. The van der Waals surface area contributed by atoms with Crippen LogP contribution in [0, 0.1) is 13.8 Å². The molecule has 1 aliphatic heterocycles. The lowest BCUT2D eigenvalue weighted by atomic mass is 10.1. The van der Waals surface area contributed by atoms with Crippen LogP contribution in [0.1, 0.15) is 11.1 Å². The summed E-state index contributed by atoms with van der Waals surface area (Å²) in [6.07, 6.45) is 1.48. The molecule has 1 aromatic heterocycles. The minimum absolute atomic E-state index is 0.306. The predicted molar refractivity (Wildman–Crippen MR) is 103 cm³/mol. The first-order chi connectivity index (χ1) is 12.5. The van der Waals surface area contributed by atoms with Crippen LogP contribution in [0.15, 0.2) is 36.5 Å². The summed E-state index contributed by atoms with van der Waals surface area (Å²) < 4.78 is 5.78. The van der Waals surface area contributed by atoms with Gasteiger partial charge in [0.15, 0.2) is 0 Å². The zero-order valence-electron chi connectivity index (χ0n) is 15.5. The summed E-state index contributed by atoms with van der Waals surface area (Å²) >= 11 is 6.18. The molecule has 0 amide bonds. The summed E-state index contributed by atoms with van der Waals surface area (Å²) in [4.78, 5) is 7.05. The van der Waals surface area contributed by atoms with Crippen LogP contribution in [-0.2, 0) is 0 Å². The fraction of sp³-hybridized carbons (Fsp3) is 0.450. The number of pyridine rings is 1. The van der Waals surface area contributed by atoms with Crippen LogP contribution in [0.3, 0.4) is 0 Å². The van der Waals surface area contributed by atoms with Crippen molar-refractivity contribution in [1.82, 2.24) is 0 Å². The molecule has 0 radical (unpaired) electrons. The highest BCUT2D eigenvalue weighted by atomic mass is 35.5. The molecule has 1 aliphatic rings. The van der Waals surface area contributed by atoms with Gasteiger partial charge in [-0.1, -0.05) is 17.7 Å². The fourth-order valence-electron chi connectivity index (χ4n) is 3.42. The molecule has 0 bridgehead atoms. The standard InChI is InChI=1S/C20H26ClN3O2/c1-15-11-18(12-16(2)20(15)21)26-14-17(25)13-23-7-9-24(10-8-23)19-5-3-4-6-22-19/h3-6,11-12,17,25H,7-10,13-14H2,1-2H3/p+2/t17-/m1/s1. The first-order valence-electron chi connectivity index (χ1n) is 9.16. The minimum Gasteiger partial charge on any atom is -0.491 e. The van der Waals surface area contributed by atoms with Crippen molar-refractivity contribution in [3.8, 4) is 5.75 Å². The average molecular weight is 378 g/mol. The number of quaternary nitrogens is 1. The van der Waals surface area contributed by atoms with Gasteiger partial charge in [-0.05, 0) is 43.2 Å². The van der Waals surface area contributed by atoms with Crippen molar-refractivity contribution in [1.29, 1.82) is 0 Å². The molecule has 5 nitrogen and oxygen atoms in total. The van der Waals surface area contributed by atoms with Crippen LogP contribution in [0.25, 0.3) is 0 Å². The van der Waals surface area contributed by atoms with E-state index in [0.29, 0.717) is 13.2 Å². The second-order valence-electron chi connectivity index (χ2n) is 7.02. The molecule has 2 heterocycles. The van der Waals surface area contributed by atoms with E-state index in [4.69, 9.17) is 16.3 Å². The third-order valence-corrected chi connectivity index (χ3v) is 5.48. The molecule has 1 fully saturated rings. The molecule has 0 saturated carbocycles. The van der Waals surface area contributed by atoms with Crippen molar-refractivity contribution in [2.75, 3.05) is 44.2 Å². The number of nitrogens with one attached hydrogen (secondary N) is 2. The highest BCUT2D eigenvalue weighted by molar-refractivity contribution is 6.32. The Morgan fingerprint density at radius 2 is 1.92 bits per heavy atom. The van der Waals surface area contributed by atoms with E-state index in [-0.39, 0.29) is 0 Å². The number of aliphatic hydroxyl groups excluding tert-OH is 1. The minimum atomic E-state index is -0.476.